The van der Waals surface area contributed by atoms with E-state index in [0.29, 0.717) is 16.5 Å². The average Bonchev–Trinajstić information content (AvgIpc) is 2.43. The van der Waals surface area contributed by atoms with E-state index in [1.165, 1.54) is 25.3 Å². The second-order valence-corrected chi connectivity index (χ2v) is 6.45. The zero-order chi connectivity index (χ0) is 15.7. The van der Waals surface area contributed by atoms with Gasteiger partial charge in [-0.3, -0.25) is 4.79 Å². The number of carboxylic acid groups (broad SMARTS) is 1. The molecule has 0 aliphatic carbocycles. The topological polar surface area (TPSA) is 37.3 Å². The summed E-state index contributed by atoms with van der Waals surface area (Å²) in [7, 11) is 0. The number of hydrogen-bond donors (Lipinski definition) is 1. The Balaban J connectivity index is 2.44. The molecule has 0 amide bonds. The van der Waals surface area contributed by atoms with Crippen LogP contribution in [0.15, 0.2) is 22.7 Å². The molecule has 118 valence electrons. The molecule has 0 aliphatic heterocycles. The minimum atomic E-state index is -0.828. The lowest BCUT2D eigenvalue weighted by atomic mass is 9.93. The number of benzene rings is 1. The first-order valence-corrected chi connectivity index (χ1v) is 8.50. The summed E-state index contributed by atoms with van der Waals surface area (Å²) < 4.78 is 14.5. The van der Waals surface area contributed by atoms with Crippen molar-refractivity contribution in [1.29, 1.82) is 0 Å². The molecule has 21 heavy (non-hydrogen) atoms. The van der Waals surface area contributed by atoms with Gasteiger partial charge in [0.2, 0.25) is 0 Å². The maximum atomic E-state index is 13.8. The zero-order valence-electron chi connectivity index (χ0n) is 12.6. The minimum absolute atomic E-state index is 0.267. The van der Waals surface area contributed by atoms with E-state index in [1.54, 1.807) is 12.1 Å². The number of carbonyl (C=O) groups is 1. The molecule has 1 aromatic carbocycles. The van der Waals surface area contributed by atoms with Gasteiger partial charge in [-0.2, -0.15) is 0 Å². The lowest BCUT2D eigenvalue weighted by Gasteiger charge is -2.13. The van der Waals surface area contributed by atoms with Crippen molar-refractivity contribution < 1.29 is 14.3 Å². The van der Waals surface area contributed by atoms with Gasteiger partial charge in [0.15, 0.2) is 0 Å². The summed E-state index contributed by atoms with van der Waals surface area (Å²) in [5.74, 6) is -1.66. The quantitative estimate of drug-likeness (QED) is 0.554. The van der Waals surface area contributed by atoms with E-state index in [0.717, 1.165) is 19.3 Å². The highest BCUT2D eigenvalue weighted by Gasteiger charge is 2.19. The number of carboxylic acids is 1. The normalized spacial score (nSPS) is 12.3. The van der Waals surface area contributed by atoms with Crippen LogP contribution in [0.4, 0.5) is 4.39 Å². The molecule has 1 atom stereocenters. The monoisotopic (exact) mass is 358 g/mol. The molecule has 0 heterocycles. The Morgan fingerprint density at radius 1 is 1.24 bits per heavy atom. The van der Waals surface area contributed by atoms with Gasteiger partial charge in [0.1, 0.15) is 5.82 Å². The van der Waals surface area contributed by atoms with Crippen LogP contribution in [0.25, 0.3) is 0 Å². The third kappa shape index (κ3) is 7.07. The Bertz CT molecular complexity index is 448. The highest BCUT2D eigenvalue weighted by atomic mass is 79.9. The largest absolute Gasteiger partial charge is 0.481 e. The number of rotatable bonds is 10. The molecule has 0 aromatic heterocycles. The number of hydrogen-bond acceptors (Lipinski definition) is 1. The van der Waals surface area contributed by atoms with Crippen molar-refractivity contribution in [2.45, 2.75) is 58.3 Å². The molecule has 0 spiro atoms. The Morgan fingerprint density at radius 3 is 2.52 bits per heavy atom. The van der Waals surface area contributed by atoms with Crippen molar-refractivity contribution in [3.63, 3.8) is 0 Å². The molecule has 1 unspecified atom stereocenters. The van der Waals surface area contributed by atoms with Crippen LogP contribution in [0.3, 0.4) is 0 Å². The SMILES string of the molecule is CCCCCCCCC(Cc1ccc(Br)cc1F)C(=O)O. The van der Waals surface area contributed by atoms with E-state index in [2.05, 4.69) is 22.9 Å². The first kappa shape index (κ1) is 18.1. The standard InChI is InChI=1S/C17H24BrFO2/c1-2-3-4-5-6-7-8-14(17(20)21)11-13-9-10-15(18)12-16(13)19/h9-10,12,14H,2-8,11H2,1H3,(H,20,21). The fourth-order valence-electron chi connectivity index (χ4n) is 2.44. The molecule has 0 aliphatic rings. The van der Waals surface area contributed by atoms with Crippen molar-refractivity contribution in [2.75, 3.05) is 0 Å². The number of aliphatic carboxylic acids is 1. The Morgan fingerprint density at radius 2 is 1.90 bits per heavy atom. The maximum Gasteiger partial charge on any atom is 0.306 e. The van der Waals surface area contributed by atoms with Crippen LogP contribution >= 0.6 is 15.9 Å². The van der Waals surface area contributed by atoms with Crippen molar-refractivity contribution in [1.82, 2.24) is 0 Å². The summed E-state index contributed by atoms with van der Waals surface area (Å²) in [5, 5.41) is 9.29. The van der Waals surface area contributed by atoms with Crippen LogP contribution in [-0.4, -0.2) is 11.1 Å². The van der Waals surface area contributed by atoms with E-state index in [4.69, 9.17) is 0 Å². The molecule has 0 saturated carbocycles. The molecule has 0 bridgehead atoms. The van der Waals surface area contributed by atoms with E-state index >= 15 is 0 Å². The van der Waals surface area contributed by atoms with Gasteiger partial charge in [-0.25, -0.2) is 4.39 Å². The van der Waals surface area contributed by atoms with Gasteiger partial charge in [-0.1, -0.05) is 67.4 Å². The maximum absolute atomic E-state index is 13.8. The fraction of sp³-hybridized carbons (Fsp3) is 0.588. The Kier molecular flexibility index (Phi) is 8.58. The van der Waals surface area contributed by atoms with Crippen LogP contribution in [0.1, 0.15) is 57.4 Å². The second kappa shape index (κ2) is 9.93. The predicted octanol–water partition coefficient (Wildman–Crippen LogP) is 5.58. The molecule has 1 N–H and O–H groups in total. The lowest BCUT2D eigenvalue weighted by molar-refractivity contribution is -0.142. The summed E-state index contributed by atoms with van der Waals surface area (Å²) in [6.45, 7) is 2.17. The smallest absolute Gasteiger partial charge is 0.306 e. The van der Waals surface area contributed by atoms with E-state index < -0.39 is 11.9 Å². The summed E-state index contributed by atoms with van der Waals surface area (Å²) in [6.07, 6.45) is 7.68. The highest BCUT2D eigenvalue weighted by Crippen LogP contribution is 2.21. The van der Waals surface area contributed by atoms with Gasteiger partial charge < -0.3 is 5.11 Å². The van der Waals surface area contributed by atoms with Crippen molar-refractivity contribution in [3.05, 3.63) is 34.1 Å². The summed E-state index contributed by atoms with van der Waals surface area (Å²) in [6, 6.07) is 4.80. The molecule has 0 radical (unpaired) electrons. The van der Waals surface area contributed by atoms with Crippen LogP contribution in [0.2, 0.25) is 0 Å². The third-order valence-electron chi connectivity index (χ3n) is 3.74. The number of unbranched alkanes of at least 4 members (excludes halogenated alkanes) is 5. The van der Waals surface area contributed by atoms with Crippen LogP contribution in [-0.2, 0) is 11.2 Å². The van der Waals surface area contributed by atoms with E-state index in [-0.39, 0.29) is 12.2 Å². The molecule has 1 aromatic rings. The fourth-order valence-corrected chi connectivity index (χ4v) is 2.77. The minimum Gasteiger partial charge on any atom is -0.481 e. The summed E-state index contributed by atoms with van der Waals surface area (Å²) in [5.41, 5.74) is 0.483. The van der Waals surface area contributed by atoms with Gasteiger partial charge in [0.25, 0.3) is 0 Å². The Hall–Kier alpha value is -0.900. The third-order valence-corrected chi connectivity index (χ3v) is 4.23. The first-order chi connectivity index (χ1) is 10.0. The van der Waals surface area contributed by atoms with Gasteiger partial charge in [0.05, 0.1) is 5.92 Å². The van der Waals surface area contributed by atoms with Crippen molar-refractivity contribution >= 4 is 21.9 Å². The van der Waals surface area contributed by atoms with E-state index in [9.17, 15) is 14.3 Å². The molecule has 0 saturated heterocycles. The summed E-state index contributed by atoms with van der Waals surface area (Å²) >= 11 is 3.21. The second-order valence-electron chi connectivity index (χ2n) is 5.53. The number of halogens is 2. The molecule has 1 rings (SSSR count). The van der Waals surface area contributed by atoms with Crippen LogP contribution in [0.5, 0.6) is 0 Å². The van der Waals surface area contributed by atoms with E-state index in [1.807, 2.05) is 0 Å². The molecular formula is C17H24BrFO2. The molecule has 4 heteroatoms. The molecular weight excluding hydrogens is 335 g/mol. The predicted molar refractivity (Wildman–Crippen MR) is 86.9 cm³/mol. The van der Waals surface area contributed by atoms with Crippen molar-refractivity contribution in [3.8, 4) is 0 Å². The van der Waals surface area contributed by atoms with Gasteiger partial charge in [-0.15, -0.1) is 0 Å². The molecule has 0 fully saturated rings. The first-order valence-electron chi connectivity index (χ1n) is 7.71. The Labute approximate surface area is 134 Å². The van der Waals surface area contributed by atoms with Gasteiger partial charge >= 0.3 is 5.97 Å². The zero-order valence-corrected chi connectivity index (χ0v) is 14.2. The van der Waals surface area contributed by atoms with Crippen molar-refractivity contribution in [2.24, 2.45) is 5.92 Å². The van der Waals surface area contributed by atoms with Crippen LogP contribution < -0.4 is 0 Å². The highest BCUT2D eigenvalue weighted by molar-refractivity contribution is 9.10. The van der Waals surface area contributed by atoms with Gasteiger partial charge in [-0.05, 0) is 30.5 Å². The van der Waals surface area contributed by atoms with Crippen LogP contribution in [0, 0.1) is 11.7 Å². The lowest BCUT2D eigenvalue weighted by Crippen LogP contribution is -2.17. The van der Waals surface area contributed by atoms with Gasteiger partial charge in [0, 0.05) is 4.47 Å². The molecule has 2 nitrogen and oxygen atoms in total. The summed E-state index contributed by atoms with van der Waals surface area (Å²) in [4.78, 5) is 11.3. The average molecular weight is 359 g/mol.